The van der Waals surface area contributed by atoms with E-state index in [2.05, 4.69) is 31.7 Å². The number of hydrogen-bond donors (Lipinski definition) is 3. The van der Waals surface area contributed by atoms with E-state index >= 15 is 0 Å². The lowest BCUT2D eigenvalue weighted by molar-refractivity contribution is -0.136. The van der Waals surface area contributed by atoms with Gasteiger partial charge in [0.15, 0.2) is 0 Å². The van der Waals surface area contributed by atoms with Crippen LogP contribution in [0.1, 0.15) is 16.7 Å². The van der Waals surface area contributed by atoms with E-state index in [1.54, 1.807) is 30.6 Å². The molecular formula is C25H21N7O2. The van der Waals surface area contributed by atoms with Crippen LogP contribution in [0.4, 0.5) is 11.6 Å². The molecule has 0 aliphatic heterocycles. The molecule has 168 valence electrons. The van der Waals surface area contributed by atoms with Gasteiger partial charge in [0, 0.05) is 36.1 Å². The van der Waals surface area contributed by atoms with Gasteiger partial charge in [-0.15, -0.1) is 0 Å². The number of nitrogen functional groups attached to an aromatic ring is 1. The summed E-state index contributed by atoms with van der Waals surface area (Å²) in [6.07, 6.45) is 5.46. The molecule has 0 unspecified atom stereocenters. The third-order valence-corrected chi connectivity index (χ3v) is 5.29. The largest absolute Gasteiger partial charge is 0.383 e. The first kappa shape index (κ1) is 22.4. The number of nitrogens with two attached hydrogens (primary N) is 1. The van der Waals surface area contributed by atoms with E-state index in [0.29, 0.717) is 28.9 Å². The minimum atomic E-state index is -0.822. The highest BCUT2D eigenvalue weighted by atomic mass is 16.2. The average Bonchev–Trinajstić information content (AvgIpc) is 2.84. The van der Waals surface area contributed by atoms with E-state index in [1.165, 1.54) is 6.20 Å². The maximum absolute atomic E-state index is 12.3. The molecule has 0 fully saturated rings. The van der Waals surface area contributed by atoms with Gasteiger partial charge in [-0.1, -0.05) is 12.1 Å². The van der Waals surface area contributed by atoms with Crippen molar-refractivity contribution >= 4 is 34.2 Å². The number of anilines is 2. The fourth-order valence-corrected chi connectivity index (χ4v) is 3.43. The van der Waals surface area contributed by atoms with E-state index in [0.717, 1.165) is 22.1 Å². The zero-order valence-corrected chi connectivity index (χ0v) is 18.4. The number of aryl methyl sites for hydroxylation is 1. The summed E-state index contributed by atoms with van der Waals surface area (Å²) in [6, 6.07) is 14.5. The Hall–Kier alpha value is -4.84. The lowest BCUT2D eigenvalue weighted by Gasteiger charge is -2.10. The van der Waals surface area contributed by atoms with Crippen molar-refractivity contribution in [2.45, 2.75) is 13.3 Å². The molecule has 2 amide bonds. The summed E-state index contributed by atoms with van der Waals surface area (Å²) in [4.78, 5) is 37.3. The fourth-order valence-electron chi connectivity index (χ4n) is 3.43. The zero-order valence-electron chi connectivity index (χ0n) is 18.4. The second-order valence-corrected chi connectivity index (χ2v) is 7.64. The van der Waals surface area contributed by atoms with Gasteiger partial charge in [-0.05, 0) is 60.2 Å². The minimum absolute atomic E-state index is 0.221. The number of aromatic nitrogens is 3. The zero-order chi connectivity index (χ0) is 24.1. The molecule has 3 aromatic heterocycles. The molecule has 1 aromatic carbocycles. The predicted molar refractivity (Wildman–Crippen MR) is 128 cm³/mol. The molecule has 3 heterocycles. The van der Waals surface area contributed by atoms with Crippen molar-refractivity contribution < 1.29 is 9.59 Å². The van der Waals surface area contributed by atoms with Crippen molar-refractivity contribution in [2.75, 3.05) is 17.6 Å². The number of benzene rings is 1. The van der Waals surface area contributed by atoms with Gasteiger partial charge in [-0.25, -0.2) is 9.97 Å². The Bertz CT molecular complexity index is 1430. The van der Waals surface area contributed by atoms with Crippen molar-refractivity contribution in [3.63, 3.8) is 0 Å². The normalized spacial score (nSPS) is 10.5. The van der Waals surface area contributed by atoms with Gasteiger partial charge in [-0.3, -0.25) is 14.6 Å². The lowest BCUT2D eigenvalue weighted by Crippen LogP contribution is -2.36. The Morgan fingerprint density at radius 2 is 1.88 bits per heavy atom. The maximum atomic E-state index is 12.3. The summed E-state index contributed by atoms with van der Waals surface area (Å²) in [5, 5.41) is 15.3. The highest BCUT2D eigenvalue weighted by Crippen LogP contribution is 2.28. The fraction of sp³-hybridized carbons (Fsp3) is 0.120. The summed E-state index contributed by atoms with van der Waals surface area (Å²) >= 11 is 0. The van der Waals surface area contributed by atoms with Crippen LogP contribution in [0.3, 0.4) is 0 Å². The molecule has 4 rings (SSSR count). The first-order valence-electron chi connectivity index (χ1n) is 10.5. The third-order valence-electron chi connectivity index (χ3n) is 5.29. The maximum Gasteiger partial charge on any atom is 0.314 e. The number of amides is 2. The topological polar surface area (TPSA) is 147 Å². The number of nitriles is 1. The van der Waals surface area contributed by atoms with Crippen LogP contribution in [0.2, 0.25) is 0 Å². The molecule has 9 nitrogen and oxygen atoms in total. The van der Waals surface area contributed by atoms with Gasteiger partial charge in [-0.2, -0.15) is 5.26 Å². The Kier molecular flexibility index (Phi) is 6.41. The monoisotopic (exact) mass is 451 g/mol. The number of nitrogens with one attached hydrogen (secondary N) is 2. The molecule has 0 atom stereocenters. The Morgan fingerprint density at radius 3 is 2.62 bits per heavy atom. The van der Waals surface area contributed by atoms with Crippen molar-refractivity contribution in [1.82, 2.24) is 20.3 Å². The lowest BCUT2D eigenvalue weighted by atomic mass is 10.1. The summed E-state index contributed by atoms with van der Waals surface area (Å²) in [5.74, 6) is -1.06. The molecular weight excluding hydrogens is 430 g/mol. The number of pyridine rings is 3. The van der Waals surface area contributed by atoms with Crippen LogP contribution in [0, 0.1) is 18.3 Å². The average molecular weight is 451 g/mol. The van der Waals surface area contributed by atoms with Crippen molar-refractivity contribution in [3.05, 3.63) is 77.7 Å². The van der Waals surface area contributed by atoms with Crippen LogP contribution in [-0.4, -0.2) is 33.3 Å². The van der Waals surface area contributed by atoms with Gasteiger partial charge in [0.2, 0.25) is 0 Å². The molecule has 0 saturated carbocycles. The predicted octanol–water partition coefficient (Wildman–Crippen LogP) is 2.75. The van der Waals surface area contributed by atoms with E-state index in [4.69, 9.17) is 11.0 Å². The quantitative estimate of drug-likeness (QED) is 0.395. The van der Waals surface area contributed by atoms with E-state index in [9.17, 15) is 9.59 Å². The summed E-state index contributed by atoms with van der Waals surface area (Å²) in [5.41, 5.74) is 10.1. The molecule has 34 heavy (non-hydrogen) atoms. The Labute approximate surface area is 195 Å². The second kappa shape index (κ2) is 9.75. The molecule has 0 saturated heterocycles. The number of rotatable bonds is 5. The van der Waals surface area contributed by atoms with E-state index < -0.39 is 11.8 Å². The first-order valence-corrected chi connectivity index (χ1v) is 10.5. The van der Waals surface area contributed by atoms with Crippen molar-refractivity contribution in [1.29, 1.82) is 5.26 Å². The molecule has 9 heteroatoms. The van der Waals surface area contributed by atoms with Crippen LogP contribution in [-0.2, 0) is 16.0 Å². The highest BCUT2D eigenvalue weighted by Gasteiger charge is 2.15. The van der Waals surface area contributed by atoms with Crippen LogP contribution in [0.15, 0.2) is 61.1 Å². The molecule has 0 bridgehead atoms. The van der Waals surface area contributed by atoms with E-state index in [-0.39, 0.29) is 12.4 Å². The van der Waals surface area contributed by atoms with Crippen LogP contribution in [0.25, 0.3) is 22.0 Å². The molecule has 0 aliphatic rings. The minimum Gasteiger partial charge on any atom is -0.383 e. The summed E-state index contributed by atoms with van der Waals surface area (Å²) in [7, 11) is 0. The molecule has 0 spiro atoms. The number of nitrogens with zero attached hydrogens (tertiary/aromatic N) is 4. The first-order chi connectivity index (χ1) is 16.4. The summed E-state index contributed by atoms with van der Waals surface area (Å²) < 4.78 is 0. The third kappa shape index (κ3) is 4.97. The molecule has 0 aliphatic carbocycles. The Morgan fingerprint density at radius 1 is 1.09 bits per heavy atom. The number of fused-ring (bicyclic) bond motifs is 1. The Balaban J connectivity index is 1.43. The van der Waals surface area contributed by atoms with Gasteiger partial charge in [0.1, 0.15) is 11.6 Å². The molecule has 4 aromatic rings. The number of hydrogen-bond acceptors (Lipinski definition) is 7. The SMILES string of the molecule is Cc1ccncc1-c1cc2cc(NC(=O)C(=O)NCCc3ccc(C#N)cc3)ncc2c(N)n1. The van der Waals surface area contributed by atoms with Crippen LogP contribution in [0.5, 0.6) is 0 Å². The van der Waals surface area contributed by atoms with E-state index in [1.807, 2.05) is 31.2 Å². The van der Waals surface area contributed by atoms with Gasteiger partial charge in [0.25, 0.3) is 0 Å². The van der Waals surface area contributed by atoms with Crippen molar-refractivity contribution in [3.8, 4) is 17.3 Å². The standard InChI is InChI=1S/C25H21N7O2/c1-15-6-8-28-13-19(15)21-10-18-11-22(30-14-20(18)23(27)31-21)32-25(34)24(33)29-9-7-16-2-4-17(12-26)5-3-16/h2-6,8,10-11,13-14H,7,9H2,1H3,(H2,27,31)(H,29,33)(H,30,32,34). The van der Waals surface area contributed by atoms with Crippen LogP contribution >= 0.6 is 0 Å². The molecule has 4 N–H and O–H groups in total. The van der Waals surface area contributed by atoms with Crippen LogP contribution < -0.4 is 16.4 Å². The molecule has 0 radical (unpaired) electrons. The highest BCUT2D eigenvalue weighted by molar-refractivity contribution is 6.39. The number of carbonyl (C=O) groups is 2. The van der Waals surface area contributed by atoms with Gasteiger partial charge < -0.3 is 16.4 Å². The summed E-state index contributed by atoms with van der Waals surface area (Å²) in [6.45, 7) is 2.23. The smallest absolute Gasteiger partial charge is 0.314 e. The van der Waals surface area contributed by atoms with Gasteiger partial charge in [0.05, 0.1) is 17.3 Å². The van der Waals surface area contributed by atoms with Gasteiger partial charge >= 0.3 is 11.8 Å². The second-order valence-electron chi connectivity index (χ2n) is 7.64. The van der Waals surface area contributed by atoms with Crippen molar-refractivity contribution in [2.24, 2.45) is 0 Å². The number of carbonyl (C=O) groups excluding carboxylic acids is 2.